The Morgan fingerprint density at radius 3 is 1.48 bits per heavy atom. The molecule has 0 unspecified atom stereocenters. The molecule has 0 nitrogen and oxygen atoms in total. The van der Waals surface area contributed by atoms with E-state index in [9.17, 15) is 0 Å². The summed E-state index contributed by atoms with van der Waals surface area (Å²) in [7, 11) is 0. The first-order valence-electron chi connectivity index (χ1n) is 18.5. The van der Waals surface area contributed by atoms with Gasteiger partial charge in [-0.2, -0.15) is 0 Å². The van der Waals surface area contributed by atoms with E-state index in [1.807, 2.05) is 22.7 Å². The summed E-state index contributed by atoms with van der Waals surface area (Å²) < 4.78 is 5.45. The topological polar surface area (TPSA) is 0 Å². The number of hydrogen-bond donors (Lipinski definition) is 0. The first-order valence-corrected chi connectivity index (χ1v) is 20.1. The molecule has 0 fully saturated rings. The first kappa shape index (κ1) is 30.2. The summed E-state index contributed by atoms with van der Waals surface area (Å²) in [5, 5.41) is 15.7. The average molecular weight is 719 g/mol. The first-order chi connectivity index (χ1) is 26.8. The van der Waals surface area contributed by atoms with Gasteiger partial charge >= 0.3 is 0 Å². The minimum atomic E-state index is 1.23. The zero-order valence-electron chi connectivity index (χ0n) is 29.1. The van der Waals surface area contributed by atoms with Crippen LogP contribution in [0.15, 0.2) is 182 Å². The van der Waals surface area contributed by atoms with E-state index in [-0.39, 0.29) is 0 Å². The number of rotatable bonds is 3. The minimum absolute atomic E-state index is 1.23. The summed E-state index contributed by atoms with van der Waals surface area (Å²) in [5.74, 6) is 0. The molecule has 0 N–H and O–H groups in total. The Bertz CT molecular complexity index is 3430. The van der Waals surface area contributed by atoms with Gasteiger partial charge in [0.15, 0.2) is 0 Å². The lowest BCUT2D eigenvalue weighted by Gasteiger charge is -2.18. The van der Waals surface area contributed by atoms with E-state index in [0.717, 1.165) is 0 Å². The summed E-state index contributed by atoms with van der Waals surface area (Å²) in [6.07, 6.45) is 0. The molecule has 0 aliphatic rings. The van der Waals surface area contributed by atoms with Gasteiger partial charge in [0.2, 0.25) is 0 Å². The second-order valence-corrected chi connectivity index (χ2v) is 16.4. The van der Waals surface area contributed by atoms with Gasteiger partial charge in [0.05, 0.1) is 0 Å². The third kappa shape index (κ3) is 4.36. The van der Waals surface area contributed by atoms with E-state index in [0.29, 0.717) is 0 Å². The predicted molar refractivity (Wildman–Crippen MR) is 239 cm³/mol. The van der Waals surface area contributed by atoms with Crippen LogP contribution in [0.5, 0.6) is 0 Å². The highest BCUT2D eigenvalue weighted by molar-refractivity contribution is 7.30. The smallest absolute Gasteiger partial charge is 0.0448 e. The van der Waals surface area contributed by atoms with E-state index in [1.54, 1.807) is 0 Å². The number of fused-ring (bicyclic) bond motifs is 11. The maximum absolute atomic E-state index is 2.43. The SMILES string of the molecule is c1ccc2cc(-c3c4ccccc4c(-c4ccc(-c5c6ccccc6cc6c5sc5ccc7c8ccccc8sc7c56)cc4)c4ccccc34)ccc2c1. The fourth-order valence-electron chi connectivity index (χ4n) is 9.03. The van der Waals surface area contributed by atoms with Crippen molar-refractivity contribution in [3.8, 4) is 33.4 Å². The van der Waals surface area contributed by atoms with Crippen molar-refractivity contribution in [2.24, 2.45) is 0 Å². The summed E-state index contributed by atoms with van der Waals surface area (Å²) in [6, 6.07) is 67.7. The van der Waals surface area contributed by atoms with Crippen LogP contribution in [0.3, 0.4) is 0 Å². The standard InChI is InChI=1S/C52H30S2/c1-2-12-34-29-36(26-21-31(34)11-1)48-41-18-7-5-16-39(41)47(40-17-6-8-19-42(40)48)32-22-24-33(25-23-32)49-37-14-4-3-13-35(37)30-44-50-46(54-52(44)49)28-27-43-38-15-9-10-20-45(38)53-51(43)50/h1-30H. The molecule has 0 aliphatic heterocycles. The zero-order chi connectivity index (χ0) is 35.3. The quantitative estimate of drug-likeness (QED) is 0.160. The lowest BCUT2D eigenvalue weighted by atomic mass is 9.85. The number of thiophene rings is 2. The molecule has 0 amide bonds. The van der Waals surface area contributed by atoms with E-state index in [4.69, 9.17) is 0 Å². The molecule has 0 bridgehead atoms. The second kappa shape index (κ2) is 11.6. The summed E-state index contributed by atoms with van der Waals surface area (Å²) in [5.41, 5.74) is 7.64. The lowest BCUT2D eigenvalue weighted by Crippen LogP contribution is -1.91. The van der Waals surface area contributed by atoms with Gasteiger partial charge in [0, 0.05) is 45.9 Å². The molecular formula is C52H30S2. The number of hydrogen-bond acceptors (Lipinski definition) is 2. The Balaban J connectivity index is 1.08. The third-order valence-corrected chi connectivity index (χ3v) is 13.8. The summed E-state index contributed by atoms with van der Waals surface area (Å²) >= 11 is 3.86. The van der Waals surface area contributed by atoms with Crippen molar-refractivity contribution in [3.63, 3.8) is 0 Å². The molecule has 2 heterocycles. The second-order valence-electron chi connectivity index (χ2n) is 14.3. The van der Waals surface area contributed by atoms with E-state index in [1.165, 1.54) is 117 Å². The molecule has 2 aromatic heterocycles. The van der Waals surface area contributed by atoms with Crippen LogP contribution in [-0.2, 0) is 0 Å². The zero-order valence-corrected chi connectivity index (χ0v) is 30.8. The fraction of sp³-hybridized carbons (Fsp3) is 0. The maximum Gasteiger partial charge on any atom is 0.0448 e. The van der Waals surface area contributed by atoms with Crippen molar-refractivity contribution in [2.45, 2.75) is 0 Å². The van der Waals surface area contributed by atoms with Gasteiger partial charge in [-0.25, -0.2) is 0 Å². The van der Waals surface area contributed by atoms with Gasteiger partial charge in [-0.15, -0.1) is 22.7 Å². The Hall–Kier alpha value is -6.32. The van der Waals surface area contributed by atoms with Crippen molar-refractivity contribution in [2.75, 3.05) is 0 Å². The lowest BCUT2D eigenvalue weighted by molar-refractivity contribution is 1.65. The molecule has 0 spiro atoms. The van der Waals surface area contributed by atoms with Crippen LogP contribution in [0.25, 0.3) is 117 Å². The Morgan fingerprint density at radius 2 is 0.778 bits per heavy atom. The molecule has 12 rings (SSSR count). The van der Waals surface area contributed by atoms with Crippen molar-refractivity contribution < 1.29 is 0 Å². The van der Waals surface area contributed by atoms with Crippen LogP contribution < -0.4 is 0 Å². The van der Waals surface area contributed by atoms with E-state index in [2.05, 4.69) is 182 Å². The van der Waals surface area contributed by atoms with Crippen molar-refractivity contribution >= 4 is 106 Å². The average Bonchev–Trinajstić information content (AvgIpc) is 3.80. The highest BCUT2D eigenvalue weighted by atomic mass is 32.1. The maximum atomic E-state index is 2.43. The van der Waals surface area contributed by atoms with Gasteiger partial charge in [-0.1, -0.05) is 158 Å². The molecule has 10 aromatic carbocycles. The minimum Gasteiger partial charge on any atom is -0.134 e. The largest absolute Gasteiger partial charge is 0.134 e. The van der Waals surface area contributed by atoms with Gasteiger partial charge in [-0.3, -0.25) is 0 Å². The molecule has 2 heteroatoms. The van der Waals surface area contributed by atoms with Crippen molar-refractivity contribution in [3.05, 3.63) is 182 Å². The van der Waals surface area contributed by atoms with Crippen LogP contribution in [-0.4, -0.2) is 0 Å². The fourth-order valence-corrected chi connectivity index (χ4v) is 11.6. The van der Waals surface area contributed by atoms with Crippen molar-refractivity contribution in [1.82, 2.24) is 0 Å². The monoisotopic (exact) mass is 718 g/mol. The number of benzene rings is 10. The normalized spacial score (nSPS) is 12.1. The van der Waals surface area contributed by atoms with Gasteiger partial charge in [0.25, 0.3) is 0 Å². The molecule has 0 aliphatic carbocycles. The van der Waals surface area contributed by atoms with E-state index < -0.39 is 0 Å². The van der Waals surface area contributed by atoms with Crippen LogP contribution in [0.2, 0.25) is 0 Å². The molecule has 0 radical (unpaired) electrons. The van der Waals surface area contributed by atoms with Crippen LogP contribution in [0, 0.1) is 0 Å². The highest BCUT2D eigenvalue weighted by Gasteiger charge is 2.20. The summed E-state index contributed by atoms with van der Waals surface area (Å²) in [4.78, 5) is 0. The van der Waals surface area contributed by atoms with Crippen LogP contribution in [0.4, 0.5) is 0 Å². The van der Waals surface area contributed by atoms with Crippen molar-refractivity contribution in [1.29, 1.82) is 0 Å². The van der Waals surface area contributed by atoms with E-state index >= 15 is 0 Å². The molecule has 0 atom stereocenters. The molecule has 12 aromatic rings. The van der Waals surface area contributed by atoms with Gasteiger partial charge in [-0.05, 0) is 95.2 Å². The molecule has 250 valence electrons. The molecule has 0 saturated heterocycles. The third-order valence-electron chi connectivity index (χ3n) is 11.4. The van der Waals surface area contributed by atoms with Gasteiger partial charge < -0.3 is 0 Å². The Morgan fingerprint density at radius 1 is 0.259 bits per heavy atom. The molecular weight excluding hydrogens is 689 g/mol. The molecule has 0 saturated carbocycles. The van der Waals surface area contributed by atoms with Crippen LogP contribution >= 0.6 is 22.7 Å². The Labute approximate surface area is 319 Å². The Kier molecular flexibility index (Phi) is 6.48. The predicted octanol–water partition coefficient (Wildman–Crippen LogP) is 16.0. The van der Waals surface area contributed by atoms with Crippen LogP contribution in [0.1, 0.15) is 0 Å². The highest BCUT2D eigenvalue weighted by Crippen LogP contribution is 2.50. The molecule has 54 heavy (non-hydrogen) atoms. The summed E-state index contributed by atoms with van der Waals surface area (Å²) in [6.45, 7) is 0. The van der Waals surface area contributed by atoms with Gasteiger partial charge in [0.1, 0.15) is 0 Å².